The molecule has 1 aromatic heterocycles. The van der Waals surface area contributed by atoms with Crippen LogP contribution in [0.25, 0.3) is 10.9 Å². The summed E-state index contributed by atoms with van der Waals surface area (Å²) in [5.74, 6) is 0.492. The fourth-order valence-corrected chi connectivity index (χ4v) is 3.84. The van der Waals surface area contributed by atoms with Gasteiger partial charge < -0.3 is 19.9 Å². The molecule has 134 valence electrons. The molecule has 0 amide bonds. The lowest BCUT2D eigenvalue weighted by Gasteiger charge is -2.36. The number of benzene rings is 2. The first-order valence-corrected chi connectivity index (χ1v) is 9.12. The number of aromatic hydroxyl groups is 1. The lowest BCUT2D eigenvalue weighted by Crippen LogP contribution is -3.18. The minimum atomic E-state index is -0.0591. The number of para-hydroxylation sites is 1. The number of hydrogen-bond acceptors (Lipinski definition) is 3. The average molecular weight is 350 g/mol. The summed E-state index contributed by atoms with van der Waals surface area (Å²) in [7, 11) is 0. The van der Waals surface area contributed by atoms with Gasteiger partial charge in [-0.1, -0.05) is 18.2 Å². The quantitative estimate of drug-likeness (QED) is 0.630. The highest BCUT2D eigenvalue weighted by atomic mass is 16.3. The predicted octanol–water partition coefficient (Wildman–Crippen LogP) is 1.85. The number of aromatic amines is 1. The van der Waals surface area contributed by atoms with E-state index in [1.54, 1.807) is 12.1 Å². The number of fused-ring (bicyclic) bond motifs is 1. The maximum absolute atomic E-state index is 13.0. The Morgan fingerprint density at radius 2 is 1.81 bits per heavy atom. The van der Waals surface area contributed by atoms with Crippen molar-refractivity contribution in [1.82, 2.24) is 4.98 Å². The highest BCUT2D eigenvalue weighted by molar-refractivity contribution is 6.09. The molecule has 5 heteroatoms. The van der Waals surface area contributed by atoms with Crippen molar-refractivity contribution in [3.05, 3.63) is 60.3 Å². The molecular formula is C21H24N3O2+. The number of nitrogens with zero attached hydrogens (tertiary/aromatic N) is 1. The number of phenolic OH excluding ortho intramolecular Hbond substituents is 1. The van der Waals surface area contributed by atoms with Gasteiger partial charge >= 0.3 is 0 Å². The molecule has 3 N–H and O–H groups in total. The number of phenols is 1. The zero-order valence-corrected chi connectivity index (χ0v) is 14.9. The minimum Gasteiger partial charge on any atom is -0.508 e. The van der Waals surface area contributed by atoms with Crippen LogP contribution in [0.15, 0.2) is 54.7 Å². The van der Waals surface area contributed by atoms with E-state index in [2.05, 4.69) is 9.88 Å². The summed E-state index contributed by atoms with van der Waals surface area (Å²) in [6.07, 6.45) is 1.84. The molecule has 5 nitrogen and oxygen atoms in total. The summed E-state index contributed by atoms with van der Waals surface area (Å²) in [6.45, 7) is 5.71. The van der Waals surface area contributed by atoms with Gasteiger partial charge in [-0.2, -0.15) is 0 Å². The molecule has 1 aliphatic rings. The van der Waals surface area contributed by atoms with Gasteiger partial charge in [-0.3, -0.25) is 4.79 Å². The van der Waals surface area contributed by atoms with E-state index in [1.165, 1.54) is 4.90 Å². The summed E-state index contributed by atoms with van der Waals surface area (Å²) in [5, 5.41) is 10.4. The summed E-state index contributed by atoms with van der Waals surface area (Å²) < 4.78 is 0. The molecule has 1 fully saturated rings. The van der Waals surface area contributed by atoms with Gasteiger partial charge in [0.2, 0.25) is 5.78 Å². The van der Waals surface area contributed by atoms with E-state index in [0.29, 0.717) is 0 Å². The molecule has 0 bridgehead atoms. The summed E-state index contributed by atoms with van der Waals surface area (Å²) in [4.78, 5) is 19.9. The Hall–Kier alpha value is -2.79. The Kier molecular flexibility index (Phi) is 4.39. The van der Waals surface area contributed by atoms with Crippen LogP contribution in [0.5, 0.6) is 5.75 Å². The second-order valence-electron chi connectivity index (χ2n) is 7.00. The highest BCUT2D eigenvalue weighted by Crippen LogP contribution is 2.20. The molecule has 1 aliphatic heterocycles. The molecule has 2 heterocycles. The van der Waals surface area contributed by atoms with Gasteiger partial charge in [-0.05, 0) is 37.3 Å². The maximum Gasteiger partial charge on any atom is 0.221 e. The number of rotatable bonds is 4. The van der Waals surface area contributed by atoms with Gasteiger partial charge in [0, 0.05) is 28.4 Å². The first-order valence-electron chi connectivity index (χ1n) is 9.12. The molecule has 1 saturated heterocycles. The van der Waals surface area contributed by atoms with Crippen LogP contribution in [0.4, 0.5) is 5.69 Å². The van der Waals surface area contributed by atoms with Crippen molar-refractivity contribution in [3.8, 4) is 5.75 Å². The summed E-state index contributed by atoms with van der Waals surface area (Å²) in [6, 6.07) is 15.2. The fourth-order valence-electron chi connectivity index (χ4n) is 3.84. The zero-order chi connectivity index (χ0) is 18.1. The molecule has 26 heavy (non-hydrogen) atoms. The van der Waals surface area contributed by atoms with Crippen LogP contribution in [-0.4, -0.2) is 48.1 Å². The number of carbonyl (C=O) groups is 1. The standard InChI is InChI=1S/C21H23N3O2/c1-15(21(26)19-14-22-20-5-3-2-4-18(19)20)23-10-12-24(13-11-23)16-6-8-17(25)9-7-16/h2-9,14-15,22,25H,10-13H2,1H3/p+1/t15-/m0/s1. The van der Waals surface area contributed by atoms with Gasteiger partial charge in [0.1, 0.15) is 11.8 Å². The van der Waals surface area contributed by atoms with Crippen molar-refractivity contribution >= 4 is 22.4 Å². The molecule has 1 atom stereocenters. The number of quaternary nitrogens is 1. The highest BCUT2D eigenvalue weighted by Gasteiger charge is 2.31. The van der Waals surface area contributed by atoms with Crippen LogP contribution < -0.4 is 9.80 Å². The number of H-pyrrole nitrogens is 1. The van der Waals surface area contributed by atoms with E-state index in [1.807, 2.05) is 49.5 Å². The third-order valence-corrected chi connectivity index (χ3v) is 5.48. The largest absolute Gasteiger partial charge is 0.508 e. The number of ketones is 1. The monoisotopic (exact) mass is 350 g/mol. The minimum absolute atomic E-state index is 0.0591. The van der Waals surface area contributed by atoms with E-state index in [9.17, 15) is 9.90 Å². The Bertz CT molecular complexity index is 908. The van der Waals surface area contributed by atoms with Gasteiger partial charge in [0.15, 0.2) is 0 Å². The van der Waals surface area contributed by atoms with E-state index in [4.69, 9.17) is 0 Å². The van der Waals surface area contributed by atoms with Crippen LogP contribution >= 0.6 is 0 Å². The molecule has 4 rings (SSSR count). The van der Waals surface area contributed by atoms with E-state index >= 15 is 0 Å². The van der Waals surface area contributed by atoms with Crippen LogP contribution in [0.2, 0.25) is 0 Å². The third kappa shape index (κ3) is 3.06. The SMILES string of the molecule is C[C@@H](C(=O)c1c[nH]c2ccccc12)[NH+]1CCN(c2ccc(O)cc2)CC1. The molecule has 2 aromatic carbocycles. The number of Topliss-reactive ketones (excluding diaryl/α,β-unsaturated/α-hetero) is 1. The van der Waals surface area contributed by atoms with E-state index < -0.39 is 0 Å². The van der Waals surface area contributed by atoms with E-state index in [0.717, 1.165) is 48.3 Å². The second-order valence-corrected chi connectivity index (χ2v) is 7.00. The van der Waals surface area contributed by atoms with Crippen molar-refractivity contribution in [2.24, 2.45) is 0 Å². The fraction of sp³-hybridized carbons (Fsp3) is 0.286. The Morgan fingerprint density at radius 3 is 2.54 bits per heavy atom. The molecule has 0 saturated carbocycles. The van der Waals surface area contributed by atoms with Crippen LogP contribution in [-0.2, 0) is 0 Å². The van der Waals surface area contributed by atoms with Crippen molar-refractivity contribution in [1.29, 1.82) is 0 Å². The average Bonchev–Trinajstić information content (AvgIpc) is 3.12. The van der Waals surface area contributed by atoms with E-state index in [-0.39, 0.29) is 17.6 Å². The van der Waals surface area contributed by atoms with Gasteiger partial charge in [-0.15, -0.1) is 0 Å². The Labute approximate surface area is 152 Å². The smallest absolute Gasteiger partial charge is 0.221 e. The summed E-state index contributed by atoms with van der Waals surface area (Å²) in [5.41, 5.74) is 2.93. The maximum atomic E-state index is 13.0. The third-order valence-electron chi connectivity index (χ3n) is 5.48. The normalized spacial score (nSPS) is 16.7. The number of anilines is 1. The number of hydrogen-bond donors (Lipinski definition) is 3. The number of piperazine rings is 1. The predicted molar refractivity (Wildman–Crippen MR) is 103 cm³/mol. The Balaban J connectivity index is 1.44. The van der Waals surface area contributed by atoms with Crippen molar-refractivity contribution < 1.29 is 14.8 Å². The number of carbonyl (C=O) groups excluding carboxylic acids is 1. The van der Waals surface area contributed by atoms with Gasteiger partial charge in [0.25, 0.3) is 0 Å². The first-order chi connectivity index (χ1) is 12.6. The van der Waals surface area contributed by atoms with Crippen molar-refractivity contribution in [2.45, 2.75) is 13.0 Å². The number of nitrogens with one attached hydrogen (secondary N) is 2. The molecule has 0 radical (unpaired) electrons. The molecule has 0 aliphatic carbocycles. The molecular weight excluding hydrogens is 326 g/mol. The van der Waals surface area contributed by atoms with Gasteiger partial charge in [-0.25, -0.2) is 0 Å². The Morgan fingerprint density at radius 1 is 1.12 bits per heavy atom. The second kappa shape index (κ2) is 6.84. The van der Waals surface area contributed by atoms with Crippen molar-refractivity contribution in [2.75, 3.05) is 31.1 Å². The van der Waals surface area contributed by atoms with Crippen molar-refractivity contribution in [3.63, 3.8) is 0 Å². The van der Waals surface area contributed by atoms with Crippen LogP contribution in [0.3, 0.4) is 0 Å². The van der Waals surface area contributed by atoms with Gasteiger partial charge in [0.05, 0.1) is 26.2 Å². The molecule has 3 aromatic rings. The number of aromatic nitrogens is 1. The molecule has 0 unspecified atom stereocenters. The lowest BCUT2D eigenvalue weighted by atomic mass is 10.0. The van der Waals surface area contributed by atoms with Crippen LogP contribution in [0.1, 0.15) is 17.3 Å². The zero-order valence-electron chi connectivity index (χ0n) is 14.9. The summed E-state index contributed by atoms with van der Waals surface area (Å²) >= 11 is 0. The topological polar surface area (TPSA) is 60.8 Å². The first kappa shape index (κ1) is 16.7. The lowest BCUT2D eigenvalue weighted by molar-refractivity contribution is -0.914. The van der Waals surface area contributed by atoms with Crippen LogP contribution in [0, 0.1) is 0 Å². The molecule has 0 spiro atoms.